The van der Waals surface area contributed by atoms with E-state index in [1.807, 2.05) is 6.08 Å². The Labute approximate surface area is 67.8 Å². The molecule has 2 nitrogen and oxygen atoms in total. The Morgan fingerprint density at radius 1 is 1.36 bits per heavy atom. The van der Waals surface area contributed by atoms with Crippen molar-refractivity contribution < 1.29 is 9.47 Å². The fourth-order valence-corrected chi connectivity index (χ4v) is 0.557. The topological polar surface area (TPSA) is 18.5 Å². The summed E-state index contributed by atoms with van der Waals surface area (Å²) in [6.07, 6.45) is 8.82. The van der Waals surface area contributed by atoms with Crippen LogP contribution in [-0.4, -0.2) is 6.61 Å². The third-order valence-corrected chi connectivity index (χ3v) is 1.02. The molecule has 0 radical (unpaired) electrons. The highest BCUT2D eigenvalue weighted by Crippen LogP contribution is 1.97. The first kappa shape index (κ1) is 9.82. The van der Waals surface area contributed by atoms with E-state index in [0.717, 1.165) is 6.61 Å². The van der Waals surface area contributed by atoms with Crippen molar-refractivity contribution in [3.05, 3.63) is 38.0 Å². The Kier molecular flexibility index (Phi) is 7.87. The molecule has 0 spiro atoms. The fourth-order valence-electron chi connectivity index (χ4n) is 0.557. The van der Waals surface area contributed by atoms with Gasteiger partial charge in [0, 0.05) is 0 Å². The van der Waals surface area contributed by atoms with Crippen LogP contribution in [0.15, 0.2) is 38.0 Å². The monoisotopic (exact) mass is 154 g/mol. The van der Waals surface area contributed by atoms with Crippen LogP contribution in [0.2, 0.25) is 0 Å². The van der Waals surface area contributed by atoms with Crippen LogP contribution in [0.25, 0.3) is 0 Å². The van der Waals surface area contributed by atoms with Crippen molar-refractivity contribution >= 4 is 0 Å². The first-order valence-electron chi connectivity index (χ1n) is 3.55. The van der Waals surface area contributed by atoms with Gasteiger partial charge in [0.2, 0.25) is 0 Å². The summed E-state index contributed by atoms with van der Waals surface area (Å²) in [5.41, 5.74) is 0. The maximum atomic E-state index is 4.89. The molecule has 1 heterocycles. The number of allylic oxidation sites excluding steroid dienone is 1. The summed E-state index contributed by atoms with van der Waals surface area (Å²) in [4.78, 5) is 0. The molecule has 0 saturated carbocycles. The third-order valence-electron chi connectivity index (χ3n) is 1.02. The second-order valence-electron chi connectivity index (χ2n) is 1.85. The van der Waals surface area contributed by atoms with Gasteiger partial charge >= 0.3 is 0 Å². The molecule has 0 unspecified atom stereocenters. The standard InChI is InChI=1S/C5H8O.C4H6O/c1-2-4-6-5-3-1;1-3-5-4-2/h2,4H,1,3,5H2;3-4H,1-2H2. The predicted molar refractivity (Wildman–Crippen MR) is 45.8 cm³/mol. The molecule has 0 aromatic carbocycles. The Morgan fingerprint density at radius 2 is 2.09 bits per heavy atom. The number of ether oxygens (including phenoxy) is 2. The summed E-state index contributed by atoms with van der Waals surface area (Å²) in [5.74, 6) is 0. The van der Waals surface area contributed by atoms with E-state index in [4.69, 9.17) is 4.74 Å². The molecule has 0 saturated heterocycles. The van der Waals surface area contributed by atoms with E-state index in [1.54, 1.807) is 6.26 Å². The van der Waals surface area contributed by atoms with Gasteiger partial charge in [-0.05, 0) is 18.9 Å². The summed E-state index contributed by atoms with van der Waals surface area (Å²) in [7, 11) is 0. The van der Waals surface area contributed by atoms with E-state index in [1.165, 1.54) is 25.4 Å². The van der Waals surface area contributed by atoms with Crippen molar-refractivity contribution in [2.45, 2.75) is 12.8 Å². The van der Waals surface area contributed by atoms with Crippen molar-refractivity contribution in [1.82, 2.24) is 0 Å². The molecule has 0 aromatic heterocycles. The van der Waals surface area contributed by atoms with Gasteiger partial charge in [-0.2, -0.15) is 0 Å². The minimum atomic E-state index is 0.913. The zero-order valence-corrected chi connectivity index (χ0v) is 6.66. The van der Waals surface area contributed by atoms with Crippen molar-refractivity contribution in [2.75, 3.05) is 6.61 Å². The number of rotatable bonds is 2. The number of hydrogen-bond donors (Lipinski definition) is 0. The van der Waals surface area contributed by atoms with Gasteiger partial charge in [0.05, 0.1) is 25.4 Å². The first-order chi connectivity index (χ1) is 5.41. The van der Waals surface area contributed by atoms with Gasteiger partial charge in [-0.1, -0.05) is 13.2 Å². The van der Waals surface area contributed by atoms with Crippen LogP contribution in [0.4, 0.5) is 0 Å². The van der Waals surface area contributed by atoms with Gasteiger partial charge < -0.3 is 9.47 Å². The molecule has 1 rings (SSSR count). The molecular weight excluding hydrogens is 140 g/mol. The van der Waals surface area contributed by atoms with E-state index in [-0.39, 0.29) is 0 Å². The lowest BCUT2D eigenvalue weighted by molar-refractivity contribution is 0.231. The SMILES string of the molecule is C1=COCCC1.C=COC=C. The Hall–Kier alpha value is -1.18. The highest BCUT2D eigenvalue weighted by Gasteiger charge is 1.86. The van der Waals surface area contributed by atoms with Crippen LogP contribution < -0.4 is 0 Å². The van der Waals surface area contributed by atoms with Crippen molar-refractivity contribution in [3.8, 4) is 0 Å². The second kappa shape index (κ2) is 8.82. The predicted octanol–water partition coefficient (Wildman–Crippen LogP) is 2.60. The average Bonchev–Trinajstić information content (AvgIpc) is 2.10. The summed E-state index contributed by atoms with van der Waals surface area (Å²) in [6.45, 7) is 7.43. The minimum absolute atomic E-state index is 0.913. The van der Waals surface area contributed by atoms with Crippen molar-refractivity contribution in [2.24, 2.45) is 0 Å². The Bertz CT molecular complexity index is 114. The van der Waals surface area contributed by atoms with Gasteiger partial charge in [-0.15, -0.1) is 0 Å². The smallest absolute Gasteiger partial charge is 0.0876 e. The lowest BCUT2D eigenvalue weighted by atomic mass is 10.3. The molecule has 0 atom stereocenters. The maximum absolute atomic E-state index is 4.89. The second-order valence-corrected chi connectivity index (χ2v) is 1.85. The average molecular weight is 154 g/mol. The van der Waals surface area contributed by atoms with Crippen LogP contribution in [0.1, 0.15) is 12.8 Å². The van der Waals surface area contributed by atoms with Crippen LogP contribution in [-0.2, 0) is 9.47 Å². The zero-order valence-electron chi connectivity index (χ0n) is 6.66. The molecule has 0 amide bonds. The molecule has 0 bridgehead atoms. The highest BCUT2D eigenvalue weighted by molar-refractivity contribution is 4.76. The summed E-state index contributed by atoms with van der Waals surface area (Å²) in [6, 6.07) is 0. The van der Waals surface area contributed by atoms with Crippen LogP contribution >= 0.6 is 0 Å². The molecule has 0 aromatic rings. The normalized spacial score (nSPS) is 13.5. The highest BCUT2D eigenvalue weighted by atomic mass is 16.5. The molecule has 1 aliphatic rings. The molecule has 0 fully saturated rings. The lowest BCUT2D eigenvalue weighted by Crippen LogP contribution is -1.90. The molecule has 1 aliphatic heterocycles. The van der Waals surface area contributed by atoms with E-state index >= 15 is 0 Å². The van der Waals surface area contributed by atoms with Gasteiger partial charge in [0.1, 0.15) is 0 Å². The molecule has 62 valence electrons. The van der Waals surface area contributed by atoms with Gasteiger partial charge in [0.15, 0.2) is 0 Å². The van der Waals surface area contributed by atoms with E-state index < -0.39 is 0 Å². The molecular formula is C9H14O2. The lowest BCUT2D eigenvalue weighted by Gasteiger charge is -2.01. The van der Waals surface area contributed by atoms with Crippen LogP contribution in [0.5, 0.6) is 0 Å². The van der Waals surface area contributed by atoms with E-state index in [9.17, 15) is 0 Å². The van der Waals surface area contributed by atoms with Crippen LogP contribution in [0.3, 0.4) is 0 Å². The summed E-state index contributed by atoms with van der Waals surface area (Å²) in [5, 5.41) is 0. The van der Waals surface area contributed by atoms with Gasteiger partial charge in [-0.3, -0.25) is 0 Å². The molecule has 0 aliphatic carbocycles. The maximum Gasteiger partial charge on any atom is 0.0876 e. The number of hydrogen-bond acceptors (Lipinski definition) is 2. The molecule has 11 heavy (non-hydrogen) atoms. The molecule has 0 N–H and O–H groups in total. The summed E-state index contributed by atoms with van der Waals surface area (Å²) < 4.78 is 9.25. The first-order valence-corrected chi connectivity index (χ1v) is 3.55. The third kappa shape index (κ3) is 8.82. The zero-order chi connectivity index (χ0) is 8.36. The Balaban J connectivity index is 0.000000187. The summed E-state index contributed by atoms with van der Waals surface area (Å²) >= 11 is 0. The van der Waals surface area contributed by atoms with Gasteiger partial charge in [0.25, 0.3) is 0 Å². The van der Waals surface area contributed by atoms with Gasteiger partial charge in [-0.25, -0.2) is 0 Å². The van der Waals surface area contributed by atoms with Crippen LogP contribution in [0, 0.1) is 0 Å². The van der Waals surface area contributed by atoms with E-state index in [2.05, 4.69) is 17.9 Å². The van der Waals surface area contributed by atoms with Crippen molar-refractivity contribution in [3.63, 3.8) is 0 Å². The minimum Gasteiger partial charge on any atom is -0.502 e. The quantitative estimate of drug-likeness (QED) is 0.569. The Morgan fingerprint density at radius 3 is 2.18 bits per heavy atom. The molecule has 2 heteroatoms. The van der Waals surface area contributed by atoms with E-state index in [0.29, 0.717) is 0 Å². The fraction of sp³-hybridized carbons (Fsp3) is 0.333. The van der Waals surface area contributed by atoms with Crippen molar-refractivity contribution in [1.29, 1.82) is 0 Å². The largest absolute Gasteiger partial charge is 0.502 e.